The number of pyridine rings is 1. The largest absolute Gasteiger partial charge is 0.353 e. The summed E-state index contributed by atoms with van der Waals surface area (Å²) in [7, 11) is 0. The molecule has 5 heteroatoms. The molecule has 1 aromatic heterocycles. The van der Waals surface area contributed by atoms with Crippen LogP contribution in [0.1, 0.15) is 34.3 Å². The molecule has 2 unspecified atom stereocenters. The van der Waals surface area contributed by atoms with Crippen molar-refractivity contribution >= 4 is 11.7 Å². The minimum absolute atomic E-state index is 0.124. The second-order valence-electron chi connectivity index (χ2n) is 7.15. The Balaban J connectivity index is 1.59. The second-order valence-corrected chi connectivity index (χ2v) is 7.15. The van der Waals surface area contributed by atoms with Gasteiger partial charge in [0.2, 0.25) is 0 Å². The molecule has 0 radical (unpaired) electrons. The number of hydrogen-bond acceptors (Lipinski definition) is 4. The summed E-state index contributed by atoms with van der Waals surface area (Å²) in [5, 5.41) is 9.37. The summed E-state index contributed by atoms with van der Waals surface area (Å²) in [4.78, 5) is 21.8. The number of amides is 1. The molecule has 2 aliphatic rings. The topological polar surface area (TPSA) is 60.2 Å². The van der Waals surface area contributed by atoms with E-state index in [0.717, 1.165) is 49.4 Å². The third-order valence-corrected chi connectivity index (χ3v) is 5.71. The minimum atomic E-state index is 0.124. The van der Waals surface area contributed by atoms with Crippen molar-refractivity contribution in [3.8, 4) is 6.07 Å². The Kier molecular flexibility index (Phi) is 4.34. The predicted molar refractivity (Wildman–Crippen MR) is 99.9 cm³/mol. The molecule has 2 saturated heterocycles. The number of hydrogen-bond donors (Lipinski definition) is 0. The number of likely N-dealkylation sites (tertiary alicyclic amines) is 1. The third-order valence-electron chi connectivity index (χ3n) is 5.71. The van der Waals surface area contributed by atoms with E-state index in [9.17, 15) is 10.1 Å². The molecule has 3 heterocycles. The van der Waals surface area contributed by atoms with Crippen molar-refractivity contribution in [3.05, 3.63) is 59.3 Å². The lowest BCUT2D eigenvalue weighted by Crippen LogP contribution is -2.50. The molecule has 5 nitrogen and oxygen atoms in total. The van der Waals surface area contributed by atoms with Crippen molar-refractivity contribution in [1.29, 1.82) is 5.26 Å². The van der Waals surface area contributed by atoms with Gasteiger partial charge in [0.25, 0.3) is 5.91 Å². The quantitative estimate of drug-likeness (QED) is 0.839. The molecule has 2 fully saturated rings. The standard InChI is InChI=1S/C21H22N4O/c1-15-5-2-3-7-18(15)21(26)25-12-9-16-8-11-24(14-19(16)25)20-17(13-22)6-4-10-23-20/h2-7,10,16,19H,8-9,11-12,14H2,1H3. The second kappa shape index (κ2) is 6.80. The normalized spacial score (nSPS) is 22.0. The summed E-state index contributed by atoms with van der Waals surface area (Å²) in [6.07, 6.45) is 3.82. The van der Waals surface area contributed by atoms with Gasteiger partial charge in [0.05, 0.1) is 11.6 Å². The molecule has 4 rings (SSSR count). The molecule has 1 amide bonds. The van der Waals surface area contributed by atoms with Crippen molar-refractivity contribution in [3.63, 3.8) is 0 Å². The van der Waals surface area contributed by atoms with Crippen LogP contribution >= 0.6 is 0 Å². The predicted octanol–water partition coefficient (Wildman–Crippen LogP) is 3.00. The summed E-state index contributed by atoms with van der Waals surface area (Å²) in [6.45, 7) is 4.43. The van der Waals surface area contributed by atoms with Gasteiger partial charge in [-0.05, 0) is 49.4 Å². The first-order chi connectivity index (χ1) is 12.7. The van der Waals surface area contributed by atoms with E-state index in [-0.39, 0.29) is 11.9 Å². The molecule has 0 N–H and O–H groups in total. The molecule has 0 bridgehead atoms. The Labute approximate surface area is 153 Å². The number of piperidine rings is 1. The maximum Gasteiger partial charge on any atom is 0.254 e. The van der Waals surface area contributed by atoms with Crippen molar-refractivity contribution in [2.24, 2.45) is 5.92 Å². The SMILES string of the molecule is Cc1ccccc1C(=O)N1CCC2CCN(c3ncccc3C#N)CC21. The van der Waals surface area contributed by atoms with Crippen LogP contribution in [0.5, 0.6) is 0 Å². The van der Waals surface area contributed by atoms with E-state index < -0.39 is 0 Å². The fraction of sp³-hybridized carbons (Fsp3) is 0.381. The fourth-order valence-electron chi connectivity index (χ4n) is 4.29. The van der Waals surface area contributed by atoms with Gasteiger partial charge in [0.1, 0.15) is 11.9 Å². The maximum atomic E-state index is 13.1. The highest BCUT2D eigenvalue weighted by atomic mass is 16.2. The first-order valence-electron chi connectivity index (χ1n) is 9.15. The van der Waals surface area contributed by atoms with E-state index >= 15 is 0 Å². The van der Waals surface area contributed by atoms with Gasteiger partial charge in [-0.1, -0.05) is 18.2 Å². The van der Waals surface area contributed by atoms with Crippen LogP contribution in [0.25, 0.3) is 0 Å². The Hall–Kier alpha value is -2.87. The summed E-state index contributed by atoms with van der Waals surface area (Å²) in [5.41, 5.74) is 2.41. The maximum absolute atomic E-state index is 13.1. The molecule has 2 aliphatic heterocycles. The highest BCUT2D eigenvalue weighted by Gasteiger charge is 2.41. The number of anilines is 1. The van der Waals surface area contributed by atoms with Gasteiger partial charge < -0.3 is 9.80 Å². The van der Waals surface area contributed by atoms with Crippen molar-refractivity contribution < 1.29 is 4.79 Å². The average Bonchev–Trinajstić information content (AvgIpc) is 3.11. The summed E-state index contributed by atoms with van der Waals surface area (Å²) < 4.78 is 0. The average molecular weight is 346 g/mol. The number of nitrogens with zero attached hydrogens (tertiary/aromatic N) is 4. The van der Waals surface area contributed by atoms with Crippen molar-refractivity contribution in [1.82, 2.24) is 9.88 Å². The number of aromatic nitrogens is 1. The molecule has 2 aromatic rings. The van der Waals surface area contributed by atoms with Gasteiger partial charge >= 0.3 is 0 Å². The molecule has 2 atom stereocenters. The monoisotopic (exact) mass is 346 g/mol. The van der Waals surface area contributed by atoms with Crippen LogP contribution in [-0.2, 0) is 0 Å². The third kappa shape index (κ3) is 2.82. The van der Waals surface area contributed by atoms with Gasteiger partial charge in [0.15, 0.2) is 0 Å². The lowest BCUT2D eigenvalue weighted by molar-refractivity contribution is 0.0711. The highest BCUT2D eigenvalue weighted by molar-refractivity contribution is 5.96. The van der Waals surface area contributed by atoms with Gasteiger partial charge in [-0.15, -0.1) is 0 Å². The number of fused-ring (bicyclic) bond motifs is 1. The minimum Gasteiger partial charge on any atom is -0.353 e. The van der Waals surface area contributed by atoms with Gasteiger partial charge in [-0.3, -0.25) is 4.79 Å². The van der Waals surface area contributed by atoms with E-state index in [1.807, 2.05) is 36.1 Å². The number of rotatable bonds is 2. The van der Waals surface area contributed by atoms with E-state index in [1.165, 1.54) is 0 Å². The molecule has 1 aromatic carbocycles. The van der Waals surface area contributed by atoms with Crippen molar-refractivity contribution in [2.75, 3.05) is 24.5 Å². The number of nitriles is 1. The van der Waals surface area contributed by atoms with Gasteiger partial charge in [-0.25, -0.2) is 4.98 Å². The number of benzene rings is 1. The Morgan fingerprint density at radius 3 is 2.81 bits per heavy atom. The summed E-state index contributed by atoms with van der Waals surface area (Å²) >= 11 is 0. The number of carbonyl (C=O) groups excluding carboxylic acids is 1. The molecule has 132 valence electrons. The van der Waals surface area contributed by atoms with Crippen LogP contribution in [0.3, 0.4) is 0 Å². The first-order valence-corrected chi connectivity index (χ1v) is 9.15. The molecular formula is C21H22N4O. The molecule has 0 spiro atoms. The van der Waals surface area contributed by atoms with Gasteiger partial charge in [0, 0.05) is 31.4 Å². The zero-order valence-corrected chi connectivity index (χ0v) is 14.9. The first kappa shape index (κ1) is 16.6. The zero-order valence-electron chi connectivity index (χ0n) is 14.9. The summed E-state index contributed by atoms with van der Waals surface area (Å²) in [5.74, 6) is 1.40. The van der Waals surface area contributed by atoms with Crippen LogP contribution in [-0.4, -0.2) is 41.5 Å². The molecule has 0 aliphatic carbocycles. The zero-order chi connectivity index (χ0) is 18.1. The molecule has 0 saturated carbocycles. The Morgan fingerprint density at radius 1 is 1.19 bits per heavy atom. The smallest absolute Gasteiger partial charge is 0.254 e. The van der Waals surface area contributed by atoms with Crippen LogP contribution in [0.15, 0.2) is 42.6 Å². The van der Waals surface area contributed by atoms with Crippen LogP contribution in [0, 0.1) is 24.2 Å². The van der Waals surface area contributed by atoms with Crippen LogP contribution < -0.4 is 4.90 Å². The van der Waals surface area contributed by atoms with Crippen LogP contribution in [0.4, 0.5) is 5.82 Å². The lowest BCUT2D eigenvalue weighted by Gasteiger charge is -2.39. The van der Waals surface area contributed by atoms with E-state index in [2.05, 4.69) is 16.0 Å². The Morgan fingerprint density at radius 2 is 2.00 bits per heavy atom. The van der Waals surface area contributed by atoms with Gasteiger partial charge in [-0.2, -0.15) is 5.26 Å². The number of carbonyl (C=O) groups is 1. The van der Waals surface area contributed by atoms with Crippen molar-refractivity contribution in [2.45, 2.75) is 25.8 Å². The lowest BCUT2D eigenvalue weighted by atomic mass is 9.91. The fourth-order valence-corrected chi connectivity index (χ4v) is 4.29. The summed E-state index contributed by atoms with van der Waals surface area (Å²) in [6, 6.07) is 13.8. The Bertz CT molecular complexity index is 872. The molecular weight excluding hydrogens is 324 g/mol. The van der Waals surface area contributed by atoms with E-state index in [4.69, 9.17) is 0 Å². The molecule has 26 heavy (non-hydrogen) atoms. The highest BCUT2D eigenvalue weighted by Crippen LogP contribution is 2.35. The van der Waals surface area contributed by atoms with E-state index in [0.29, 0.717) is 11.5 Å². The number of aryl methyl sites for hydroxylation is 1. The van der Waals surface area contributed by atoms with E-state index in [1.54, 1.807) is 18.3 Å². The van der Waals surface area contributed by atoms with Crippen LogP contribution in [0.2, 0.25) is 0 Å².